The fraction of sp³-hybridized carbons (Fsp3) is 0.267. The summed E-state index contributed by atoms with van der Waals surface area (Å²) in [5.41, 5.74) is 2.34. The van der Waals surface area contributed by atoms with Crippen molar-refractivity contribution in [2.45, 2.75) is 24.2 Å². The van der Waals surface area contributed by atoms with E-state index in [0.29, 0.717) is 0 Å². The van der Waals surface area contributed by atoms with Crippen LogP contribution < -0.4 is 4.90 Å². The van der Waals surface area contributed by atoms with E-state index in [1.165, 1.54) is 16.9 Å². The first-order chi connectivity index (χ1) is 9.25. The van der Waals surface area contributed by atoms with Crippen molar-refractivity contribution < 1.29 is 4.79 Å². The second kappa shape index (κ2) is 5.39. The van der Waals surface area contributed by atoms with Crippen molar-refractivity contribution >= 4 is 35.6 Å². The van der Waals surface area contributed by atoms with E-state index in [-0.39, 0.29) is 5.91 Å². The van der Waals surface area contributed by atoms with Crippen molar-refractivity contribution in [3.63, 3.8) is 0 Å². The zero-order valence-corrected chi connectivity index (χ0v) is 12.2. The second-order valence-electron chi connectivity index (χ2n) is 4.71. The van der Waals surface area contributed by atoms with Gasteiger partial charge in [-0.3, -0.25) is 4.79 Å². The summed E-state index contributed by atoms with van der Waals surface area (Å²) in [5.74, 6) is 0.0969. The van der Waals surface area contributed by atoms with Crippen LogP contribution in [0.15, 0.2) is 40.6 Å². The Balaban J connectivity index is 1.98. The fourth-order valence-corrected chi connectivity index (χ4v) is 3.57. The van der Waals surface area contributed by atoms with Gasteiger partial charge in [-0.1, -0.05) is 18.2 Å². The summed E-state index contributed by atoms with van der Waals surface area (Å²) in [6.07, 6.45) is 3.25. The Labute approximate surface area is 122 Å². The number of fused-ring (bicyclic) bond motifs is 1. The minimum absolute atomic E-state index is 0.0969. The number of amides is 1. The number of thiol groups is 1. The van der Waals surface area contributed by atoms with Gasteiger partial charge in [0.1, 0.15) is 0 Å². The van der Waals surface area contributed by atoms with Gasteiger partial charge in [0.15, 0.2) is 0 Å². The highest BCUT2D eigenvalue weighted by atomic mass is 32.1. The second-order valence-corrected chi connectivity index (χ2v) is 6.14. The van der Waals surface area contributed by atoms with Crippen molar-refractivity contribution in [1.29, 1.82) is 0 Å². The highest BCUT2D eigenvalue weighted by molar-refractivity contribution is 7.80. The molecule has 2 heterocycles. The Morgan fingerprint density at radius 2 is 2.11 bits per heavy atom. The van der Waals surface area contributed by atoms with Crippen molar-refractivity contribution in [3.05, 3.63) is 46.2 Å². The van der Waals surface area contributed by atoms with Gasteiger partial charge in [0.25, 0.3) is 5.91 Å². The minimum Gasteiger partial charge on any atom is -0.307 e. The zero-order chi connectivity index (χ0) is 13.2. The van der Waals surface area contributed by atoms with Gasteiger partial charge in [-0.2, -0.15) is 0 Å². The van der Waals surface area contributed by atoms with Crippen LogP contribution in [0.2, 0.25) is 0 Å². The van der Waals surface area contributed by atoms with E-state index in [9.17, 15) is 4.79 Å². The van der Waals surface area contributed by atoms with E-state index in [2.05, 4.69) is 18.7 Å². The van der Waals surface area contributed by atoms with Gasteiger partial charge in [0.2, 0.25) is 0 Å². The maximum atomic E-state index is 12.6. The van der Waals surface area contributed by atoms with Gasteiger partial charge < -0.3 is 4.90 Å². The van der Waals surface area contributed by atoms with Crippen molar-refractivity contribution in [2.24, 2.45) is 0 Å². The number of hydrogen-bond donors (Lipinski definition) is 1. The molecule has 1 aromatic carbocycles. The van der Waals surface area contributed by atoms with Crippen LogP contribution in [0.25, 0.3) is 0 Å². The van der Waals surface area contributed by atoms with Gasteiger partial charge in [0, 0.05) is 22.5 Å². The molecule has 0 N–H and O–H groups in total. The van der Waals surface area contributed by atoms with Crippen molar-refractivity contribution in [3.8, 4) is 0 Å². The number of benzene rings is 1. The van der Waals surface area contributed by atoms with E-state index in [4.69, 9.17) is 0 Å². The lowest BCUT2D eigenvalue weighted by atomic mass is 10.1. The molecule has 3 rings (SSSR count). The average molecular weight is 289 g/mol. The Morgan fingerprint density at radius 3 is 2.89 bits per heavy atom. The summed E-state index contributed by atoms with van der Waals surface area (Å²) in [6.45, 7) is 0.801. The molecule has 98 valence electrons. The van der Waals surface area contributed by atoms with E-state index in [1.54, 1.807) is 0 Å². The van der Waals surface area contributed by atoms with Crippen LogP contribution in [0.5, 0.6) is 0 Å². The number of carbonyl (C=O) groups excluding carboxylic acids is 1. The highest BCUT2D eigenvalue weighted by Gasteiger charge is 2.22. The minimum atomic E-state index is 0.0969. The van der Waals surface area contributed by atoms with Crippen LogP contribution in [0.3, 0.4) is 0 Å². The number of anilines is 1. The predicted molar refractivity (Wildman–Crippen MR) is 82.6 cm³/mol. The zero-order valence-electron chi connectivity index (χ0n) is 10.5. The largest absolute Gasteiger partial charge is 0.307 e. The highest BCUT2D eigenvalue weighted by Crippen LogP contribution is 2.29. The van der Waals surface area contributed by atoms with Crippen molar-refractivity contribution in [2.75, 3.05) is 11.4 Å². The van der Waals surface area contributed by atoms with Gasteiger partial charge in [0.05, 0.1) is 4.88 Å². The standard InChI is InChI=1S/C15H15NOS2/c17-15(14-9-12(18)10-19-14)16-8-4-3-6-11-5-1-2-7-13(11)16/h1-2,5,7,9-10,18H,3-4,6,8H2. The summed E-state index contributed by atoms with van der Waals surface area (Å²) in [5, 5.41) is 1.90. The van der Waals surface area contributed by atoms with Crippen LogP contribution in [-0.2, 0) is 6.42 Å². The maximum absolute atomic E-state index is 12.6. The number of thiophene rings is 1. The number of rotatable bonds is 1. The quantitative estimate of drug-likeness (QED) is 0.786. The molecular weight excluding hydrogens is 274 g/mol. The Bertz CT molecular complexity index is 606. The van der Waals surface area contributed by atoms with Crippen LogP contribution in [0, 0.1) is 0 Å². The molecule has 0 bridgehead atoms. The molecule has 0 aliphatic carbocycles. The van der Waals surface area contributed by atoms with Gasteiger partial charge in [-0.15, -0.1) is 24.0 Å². The third-order valence-corrected chi connectivity index (χ3v) is 4.75. The first kappa shape index (κ1) is 12.8. The molecule has 1 amide bonds. The molecule has 4 heteroatoms. The maximum Gasteiger partial charge on any atom is 0.268 e. The van der Waals surface area contributed by atoms with Crippen LogP contribution >= 0.6 is 24.0 Å². The fourth-order valence-electron chi connectivity index (χ4n) is 2.47. The predicted octanol–water partition coefficient (Wildman–Crippen LogP) is 4.02. The molecule has 0 atom stereocenters. The molecule has 0 spiro atoms. The third-order valence-electron chi connectivity index (χ3n) is 3.40. The molecule has 0 unspecified atom stereocenters. The summed E-state index contributed by atoms with van der Waals surface area (Å²) in [6, 6.07) is 10.1. The normalized spacial score (nSPS) is 14.9. The number of hydrogen-bond acceptors (Lipinski definition) is 3. The molecule has 2 aromatic rings. The van der Waals surface area contributed by atoms with Crippen LogP contribution in [0.4, 0.5) is 5.69 Å². The van der Waals surface area contributed by atoms with E-state index < -0.39 is 0 Å². The number of carbonyl (C=O) groups is 1. The molecule has 1 aliphatic rings. The van der Waals surface area contributed by atoms with E-state index >= 15 is 0 Å². The van der Waals surface area contributed by atoms with Crippen molar-refractivity contribution in [1.82, 2.24) is 0 Å². The van der Waals surface area contributed by atoms with Gasteiger partial charge in [-0.05, 0) is 37.0 Å². The SMILES string of the molecule is O=C(c1cc(S)cs1)N1CCCCc2ccccc21. The van der Waals surface area contributed by atoms with Crippen LogP contribution in [0.1, 0.15) is 28.1 Å². The molecule has 1 aromatic heterocycles. The number of para-hydroxylation sites is 1. The lowest BCUT2D eigenvalue weighted by molar-refractivity contribution is 0.0990. The Kier molecular flexibility index (Phi) is 3.62. The van der Waals surface area contributed by atoms with Crippen LogP contribution in [-0.4, -0.2) is 12.5 Å². The number of nitrogens with zero attached hydrogens (tertiary/aromatic N) is 1. The first-order valence-corrected chi connectivity index (χ1v) is 7.75. The molecule has 2 nitrogen and oxygen atoms in total. The lowest BCUT2D eigenvalue weighted by Gasteiger charge is -2.22. The molecule has 0 radical (unpaired) electrons. The van der Waals surface area contributed by atoms with Gasteiger partial charge in [-0.25, -0.2) is 0 Å². The third kappa shape index (κ3) is 2.55. The molecule has 0 fully saturated rings. The summed E-state index contributed by atoms with van der Waals surface area (Å²) >= 11 is 5.75. The lowest BCUT2D eigenvalue weighted by Crippen LogP contribution is -2.31. The van der Waals surface area contributed by atoms with Gasteiger partial charge >= 0.3 is 0 Å². The average Bonchev–Trinajstić information content (AvgIpc) is 2.74. The van der Waals surface area contributed by atoms with E-state index in [1.807, 2.05) is 34.5 Å². The molecule has 0 saturated carbocycles. The molecule has 1 aliphatic heterocycles. The molecule has 0 saturated heterocycles. The number of aryl methyl sites for hydroxylation is 1. The molecule has 19 heavy (non-hydrogen) atoms. The first-order valence-electron chi connectivity index (χ1n) is 6.43. The topological polar surface area (TPSA) is 20.3 Å². The monoisotopic (exact) mass is 289 g/mol. The Hall–Kier alpha value is -1.26. The summed E-state index contributed by atoms with van der Waals surface area (Å²) in [7, 11) is 0. The Morgan fingerprint density at radius 1 is 1.26 bits per heavy atom. The molecular formula is C15H15NOS2. The summed E-state index contributed by atoms with van der Waals surface area (Å²) in [4.78, 5) is 16.2. The smallest absolute Gasteiger partial charge is 0.268 e. The summed E-state index contributed by atoms with van der Waals surface area (Å²) < 4.78 is 0. The van der Waals surface area contributed by atoms with E-state index in [0.717, 1.165) is 41.3 Å².